The van der Waals surface area contributed by atoms with Gasteiger partial charge in [0.15, 0.2) is 0 Å². The van der Waals surface area contributed by atoms with Crippen molar-refractivity contribution in [1.82, 2.24) is 0 Å². The molecule has 0 aliphatic heterocycles. The van der Waals surface area contributed by atoms with Crippen molar-refractivity contribution in [2.75, 3.05) is 13.7 Å². The summed E-state index contributed by atoms with van der Waals surface area (Å²) in [5.41, 5.74) is 0.234. The van der Waals surface area contributed by atoms with Gasteiger partial charge in [0.25, 0.3) is 0 Å². The Morgan fingerprint density at radius 1 is 1.44 bits per heavy atom. The highest BCUT2D eigenvalue weighted by Crippen LogP contribution is 2.26. The summed E-state index contributed by atoms with van der Waals surface area (Å²) in [4.78, 5) is 11.0. The Kier molecular flexibility index (Phi) is 4.51. The van der Waals surface area contributed by atoms with Gasteiger partial charge in [-0.25, -0.2) is 9.18 Å². The van der Waals surface area contributed by atoms with Crippen molar-refractivity contribution in [3.05, 3.63) is 35.9 Å². The van der Waals surface area contributed by atoms with Crippen LogP contribution in [-0.4, -0.2) is 19.7 Å². The van der Waals surface area contributed by atoms with Gasteiger partial charge in [-0.3, -0.25) is 0 Å². The molecule has 0 aliphatic rings. The maximum atomic E-state index is 13.6. The predicted molar refractivity (Wildman–Crippen MR) is 58.7 cm³/mol. The number of methoxy groups -OCH3 is 1. The fraction of sp³-hybridized carbons (Fsp3) is 0.250. The smallest absolute Gasteiger partial charge is 0.333 e. The van der Waals surface area contributed by atoms with E-state index in [-0.39, 0.29) is 12.2 Å². The van der Waals surface area contributed by atoms with E-state index in [0.29, 0.717) is 5.75 Å². The second kappa shape index (κ2) is 5.90. The van der Waals surface area contributed by atoms with Crippen LogP contribution in [0.2, 0.25) is 0 Å². The highest BCUT2D eigenvalue weighted by atomic mass is 19.1. The van der Waals surface area contributed by atoms with Crippen LogP contribution in [0.5, 0.6) is 5.75 Å². The molecule has 4 heteroatoms. The van der Waals surface area contributed by atoms with Gasteiger partial charge in [-0.05, 0) is 19.1 Å². The minimum atomic E-state index is -0.703. The SMILES string of the molecule is CCOC(=O)/C=C(\F)c1ccccc1OC. The van der Waals surface area contributed by atoms with E-state index < -0.39 is 11.8 Å². The van der Waals surface area contributed by atoms with Crippen LogP contribution >= 0.6 is 0 Å². The molecule has 1 aromatic carbocycles. The van der Waals surface area contributed by atoms with Crippen molar-refractivity contribution < 1.29 is 18.7 Å². The fourth-order valence-corrected chi connectivity index (χ4v) is 1.21. The molecular weight excluding hydrogens is 211 g/mol. The van der Waals surface area contributed by atoms with Crippen molar-refractivity contribution in [2.24, 2.45) is 0 Å². The molecule has 0 N–H and O–H groups in total. The number of carbonyl (C=O) groups excluding carboxylic acids is 1. The molecule has 0 heterocycles. The Labute approximate surface area is 93.5 Å². The average Bonchev–Trinajstić information content (AvgIpc) is 2.29. The molecule has 86 valence electrons. The third kappa shape index (κ3) is 3.08. The molecule has 0 radical (unpaired) electrons. The van der Waals surface area contributed by atoms with E-state index in [9.17, 15) is 9.18 Å². The number of hydrogen-bond donors (Lipinski definition) is 0. The van der Waals surface area contributed by atoms with Crippen LogP contribution < -0.4 is 4.74 Å². The molecule has 0 bridgehead atoms. The zero-order chi connectivity index (χ0) is 12.0. The lowest BCUT2D eigenvalue weighted by Gasteiger charge is -2.05. The summed E-state index contributed by atoms with van der Waals surface area (Å²) in [6.07, 6.45) is 0.807. The summed E-state index contributed by atoms with van der Waals surface area (Å²) < 4.78 is 23.2. The largest absolute Gasteiger partial charge is 0.496 e. The van der Waals surface area contributed by atoms with Gasteiger partial charge >= 0.3 is 5.97 Å². The summed E-state index contributed by atoms with van der Waals surface area (Å²) in [6.45, 7) is 1.88. The van der Waals surface area contributed by atoms with Gasteiger partial charge in [-0.2, -0.15) is 0 Å². The molecule has 0 atom stereocenters. The molecule has 0 aliphatic carbocycles. The molecule has 0 spiro atoms. The lowest BCUT2D eigenvalue weighted by Crippen LogP contribution is -2.00. The second-order valence-corrected chi connectivity index (χ2v) is 2.94. The van der Waals surface area contributed by atoms with Crippen molar-refractivity contribution >= 4 is 11.8 Å². The van der Waals surface area contributed by atoms with E-state index >= 15 is 0 Å². The van der Waals surface area contributed by atoms with Crippen LogP contribution in [0, 0.1) is 0 Å². The molecule has 0 amide bonds. The first-order chi connectivity index (χ1) is 7.69. The van der Waals surface area contributed by atoms with Crippen molar-refractivity contribution in [1.29, 1.82) is 0 Å². The van der Waals surface area contributed by atoms with E-state index in [1.807, 2.05) is 0 Å². The number of halogens is 1. The van der Waals surface area contributed by atoms with Crippen LogP contribution in [0.3, 0.4) is 0 Å². The summed E-state index contributed by atoms with van der Waals surface area (Å²) >= 11 is 0. The molecular formula is C12H13FO3. The maximum absolute atomic E-state index is 13.6. The van der Waals surface area contributed by atoms with Gasteiger partial charge in [0.2, 0.25) is 0 Å². The number of carbonyl (C=O) groups is 1. The molecule has 16 heavy (non-hydrogen) atoms. The standard InChI is InChI=1S/C12H13FO3/c1-3-16-12(14)8-10(13)9-6-4-5-7-11(9)15-2/h4-8H,3H2,1-2H3/b10-8-. The lowest BCUT2D eigenvalue weighted by molar-refractivity contribution is -0.137. The molecule has 0 fully saturated rings. The van der Waals surface area contributed by atoms with E-state index in [2.05, 4.69) is 4.74 Å². The van der Waals surface area contributed by atoms with Gasteiger partial charge in [0, 0.05) is 0 Å². The van der Waals surface area contributed by atoms with Gasteiger partial charge < -0.3 is 9.47 Å². The number of para-hydroxylation sites is 1. The second-order valence-electron chi connectivity index (χ2n) is 2.94. The Morgan fingerprint density at radius 3 is 2.75 bits per heavy atom. The first-order valence-electron chi connectivity index (χ1n) is 4.86. The zero-order valence-corrected chi connectivity index (χ0v) is 9.20. The molecule has 0 unspecified atom stereocenters. The zero-order valence-electron chi connectivity index (χ0n) is 9.20. The Morgan fingerprint density at radius 2 is 2.12 bits per heavy atom. The third-order valence-electron chi connectivity index (χ3n) is 1.90. The maximum Gasteiger partial charge on any atom is 0.333 e. The molecule has 0 aromatic heterocycles. The van der Waals surface area contributed by atoms with Crippen LogP contribution in [0.15, 0.2) is 30.3 Å². The van der Waals surface area contributed by atoms with Gasteiger partial charge in [-0.15, -0.1) is 0 Å². The van der Waals surface area contributed by atoms with Crippen molar-refractivity contribution in [3.63, 3.8) is 0 Å². The van der Waals surface area contributed by atoms with Crippen LogP contribution in [0.1, 0.15) is 12.5 Å². The average molecular weight is 224 g/mol. The third-order valence-corrected chi connectivity index (χ3v) is 1.90. The normalized spacial score (nSPS) is 11.1. The van der Waals surface area contributed by atoms with E-state index in [0.717, 1.165) is 6.08 Å². The topological polar surface area (TPSA) is 35.5 Å². The molecule has 0 saturated carbocycles. The van der Waals surface area contributed by atoms with E-state index in [4.69, 9.17) is 4.74 Å². The summed E-state index contributed by atoms with van der Waals surface area (Å²) in [5, 5.41) is 0. The first kappa shape index (κ1) is 12.2. The number of benzene rings is 1. The minimum absolute atomic E-state index is 0.217. The highest BCUT2D eigenvalue weighted by molar-refractivity contribution is 5.90. The van der Waals surface area contributed by atoms with E-state index in [1.54, 1.807) is 25.1 Å². The number of rotatable bonds is 4. The Hall–Kier alpha value is -1.84. The highest BCUT2D eigenvalue weighted by Gasteiger charge is 2.09. The predicted octanol–water partition coefficient (Wildman–Crippen LogP) is 2.57. The molecule has 0 saturated heterocycles. The number of hydrogen-bond acceptors (Lipinski definition) is 3. The summed E-state index contributed by atoms with van der Waals surface area (Å²) in [7, 11) is 1.44. The van der Waals surface area contributed by atoms with Crippen molar-refractivity contribution in [2.45, 2.75) is 6.92 Å². The first-order valence-corrected chi connectivity index (χ1v) is 4.86. The number of ether oxygens (including phenoxy) is 2. The van der Waals surface area contributed by atoms with Gasteiger partial charge in [0.05, 0.1) is 25.4 Å². The van der Waals surface area contributed by atoms with Crippen LogP contribution in [0.4, 0.5) is 4.39 Å². The van der Waals surface area contributed by atoms with Crippen molar-refractivity contribution in [3.8, 4) is 5.75 Å². The molecule has 3 nitrogen and oxygen atoms in total. The summed E-state index contributed by atoms with van der Waals surface area (Å²) in [6, 6.07) is 6.54. The van der Waals surface area contributed by atoms with E-state index in [1.165, 1.54) is 13.2 Å². The Balaban J connectivity index is 2.95. The monoisotopic (exact) mass is 224 g/mol. The van der Waals surface area contributed by atoms with Gasteiger partial charge in [0.1, 0.15) is 11.6 Å². The van der Waals surface area contributed by atoms with Crippen LogP contribution in [-0.2, 0) is 9.53 Å². The number of esters is 1. The van der Waals surface area contributed by atoms with Crippen LogP contribution in [0.25, 0.3) is 5.83 Å². The summed E-state index contributed by atoms with van der Waals surface area (Å²) in [5.74, 6) is -0.998. The van der Waals surface area contributed by atoms with Gasteiger partial charge in [-0.1, -0.05) is 12.1 Å². The lowest BCUT2D eigenvalue weighted by atomic mass is 10.1. The minimum Gasteiger partial charge on any atom is -0.496 e. The fourth-order valence-electron chi connectivity index (χ4n) is 1.21. The quantitative estimate of drug-likeness (QED) is 0.582. The molecule has 1 aromatic rings. The molecule has 1 rings (SSSR count). The Bertz CT molecular complexity index is 399.